The molecule has 180 valence electrons. The van der Waals surface area contributed by atoms with Crippen molar-refractivity contribution >= 4 is 33.8 Å². The van der Waals surface area contributed by atoms with Crippen molar-refractivity contribution in [3.63, 3.8) is 0 Å². The smallest absolute Gasteiger partial charge is 0.338 e. The van der Waals surface area contributed by atoms with Gasteiger partial charge in [-0.15, -0.1) is 0 Å². The molecule has 7 nitrogen and oxygen atoms in total. The largest absolute Gasteiger partial charge is 0.452 e. The number of hydrogen-bond donors (Lipinski definition) is 0. The molecular weight excluding hydrogens is 516 g/mol. The minimum absolute atomic E-state index is 0.305. The molecule has 0 aromatic heterocycles. The number of carbonyl (C=O) groups excluding carboxylic acids is 3. The van der Waals surface area contributed by atoms with Crippen LogP contribution in [0, 0.1) is 0 Å². The monoisotopic (exact) mass is 538 g/mol. The van der Waals surface area contributed by atoms with E-state index in [2.05, 4.69) is 15.9 Å². The Balaban J connectivity index is 1.63. The van der Waals surface area contributed by atoms with E-state index in [0.717, 1.165) is 0 Å². The van der Waals surface area contributed by atoms with Crippen LogP contribution < -0.4 is 0 Å². The van der Waals surface area contributed by atoms with Crippen molar-refractivity contribution in [3.05, 3.63) is 108 Å². The molecule has 8 heteroatoms. The highest BCUT2D eigenvalue weighted by atomic mass is 79.9. The van der Waals surface area contributed by atoms with Crippen LogP contribution >= 0.6 is 15.9 Å². The molecule has 3 aromatic carbocycles. The van der Waals surface area contributed by atoms with Crippen molar-refractivity contribution in [2.45, 2.75) is 36.4 Å². The van der Waals surface area contributed by atoms with Gasteiger partial charge in [0, 0.05) is 0 Å². The van der Waals surface area contributed by atoms with Crippen LogP contribution in [0.2, 0.25) is 0 Å². The van der Waals surface area contributed by atoms with Crippen molar-refractivity contribution in [2.24, 2.45) is 0 Å². The van der Waals surface area contributed by atoms with E-state index in [1.165, 1.54) is 0 Å². The quantitative estimate of drug-likeness (QED) is 0.253. The molecule has 1 aliphatic rings. The van der Waals surface area contributed by atoms with Gasteiger partial charge in [-0.1, -0.05) is 70.5 Å². The van der Waals surface area contributed by atoms with Gasteiger partial charge in [-0.05, 0) is 43.3 Å². The zero-order chi connectivity index (χ0) is 24.8. The van der Waals surface area contributed by atoms with Crippen molar-refractivity contribution in [2.75, 3.05) is 0 Å². The Morgan fingerprint density at radius 1 is 0.600 bits per heavy atom. The van der Waals surface area contributed by atoms with Crippen molar-refractivity contribution in [1.29, 1.82) is 0 Å². The fraction of sp³-hybridized carbons (Fsp3) is 0.222. The van der Waals surface area contributed by atoms with E-state index in [1.807, 2.05) is 0 Å². The summed E-state index contributed by atoms with van der Waals surface area (Å²) in [5.74, 6) is -1.90. The summed E-state index contributed by atoms with van der Waals surface area (Å²) in [6.07, 6.45) is -3.96. The molecular formula is C27H23BrO7. The fourth-order valence-corrected chi connectivity index (χ4v) is 4.43. The fourth-order valence-electron chi connectivity index (χ4n) is 3.68. The first-order valence-electron chi connectivity index (χ1n) is 11.0. The third-order valence-electron chi connectivity index (χ3n) is 5.47. The van der Waals surface area contributed by atoms with Crippen LogP contribution in [-0.4, -0.2) is 47.3 Å². The first-order chi connectivity index (χ1) is 16.9. The average molecular weight is 539 g/mol. The first kappa shape index (κ1) is 24.6. The predicted octanol–water partition coefficient (Wildman–Crippen LogP) is 4.80. The van der Waals surface area contributed by atoms with E-state index in [-0.39, 0.29) is 0 Å². The molecule has 0 N–H and O–H groups in total. The van der Waals surface area contributed by atoms with Crippen LogP contribution in [0.4, 0.5) is 0 Å². The van der Waals surface area contributed by atoms with Gasteiger partial charge in [0.15, 0.2) is 23.3 Å². The van der Waals surface area contributed by atoms with Crippen molar-refractivity contribution < 1.29 is 33.3 Å². The lowest BCUT2D eigenvalue weighted by Crippen LogP contribution is -2.59. The second-order valence-corrected chi connectivity index (χ2v) is 8.80. The van der Waals surface area contributed by atoms with Crippen LogP contribution in [0.1, 0.15) is 38.0 Å². The highest BCUT2D eigenvalue weighted by molar-refractivity contribution is 9.09. The molecule has 0 aliphatic carbocycles. The summed E-state index contributed by atoms with van der Waals surface area (Å²) in [7, 11) is 0. The van der Waals surface area contributed by atoms with Gasteiger partial charge in [0.05, 0.1) is 22.8 Å². The Bertz CT molecular complexity index is 1090. The third-order valence-corrected chi connectivity index (χ3v) is 6.21. The molecule has 3 aromatic rings. The van der Waals surface area contributed by atoms with Gasteiger partial charge in [0.2, 0.25) is 0 Å². The minimum atomic E-state index is -1.14. The minimum Gasteiger partial charge on any atom is -0.452 e. The standard InChI is InChI=1S/C27H23BrO7/c1-17-21(33-25(29)18-11-5-2-6-12-18)22(34-26(30)19-13-7-3-8-14-19)23(24(28)32-17)35-27(31)20-15-9-4-10-16-20/h2-17,21-24H,1H3. The Labute approximate surface area is 211 Å². The Hall–Kier alpha value is -3.49. The molecule has 0 saturated carbocycles. The first-order valence-corrected chi connectivity index (χ1v) is 11.9. The molecule has 5 unspecified atom stereocenters. The maximum atomic E-state index is 13.0. The second-order valence-electron chi connectivity index (χ2n) is 7.90. The number of esters is 3. The highest BCUT2D eigenvalue weighted by Crippen LogP contribution is 2.32. The maximum absolute atomic E-state index is 13.0. The molecule has 35 heavy (non-hydrogen) atoms. The Kier molecular flexibility index (Phi) is 7.94. The van der Waals surface area contributed by atoms with Gasteiger partial charge in [-0.3, -0.25) is 0 Å². The summed E-state index contributed by atoms with van der Waals surface area (Å²) in [6, 6.07) is 25.2. The number of halogens is 1. The summed E-state index contributed by atoms with van der Waals surface area (Å²) in [6.45, 7) is 1.69. The number of rotatable bonds is 6. The molecule has 0 radical (unpaired) electrons. The summed E-state index contributed by atoms with van der Waals surface area (Å²) in [5, 5.41) is -0.814. The highest BCUT2D eigenvalue weighted by Gasteiger charge is 2.50. The van der Waals surface area contributed by atoms with Gasteiger partial charge in [0.1, 0.15) is 0 Å². The molecule has 0 bridgehead atoms. The summed E-state index contributed by atoms with van der Waals surface area (Å²) in [5.41, 5.74) is 0.947. The number of ether oxygens (including phenoxy) is 4. The molecule has 1 fully saturated rings. The molecule has 4 rings (SSSR count). The molecule has 1 saturated heterocycles. The topological polar surface area (TPSA) is 88.1 Å². The van der Waals surface area contributed by atoms with Crippen LogP contribution in [-0.2, 0) is 18.9 Å². The molecule has 0 amide bonds. The van der Waals surface area contributed by atoms with E-state index >= 15 is 0 Å². The van der Waals surface area contributed by atoms with Gasteiger partial charge < -0.3 is 18.9 Å². The van der Waals surface area contributed by atoms with E-state index in [9.17, 15) is 14.4 Å². The van der Waals surface area contributed by atoms with Crippen LogP contribution in [0.3, 0.4) is 0 Å². The number of benzene rings is 3. The zero-order valence-corrected chi connectivity index (χ0v) is 20.4. The Morgan fingerprint density at radius 3 is 1.34 bits per heavy atom. The van der Waals surface area contributed by atoms with E-state index in [1.54, 1.807) is 97.9 Å². The summed E-state index contributed by atoms with van der Waals surface area (Å²) in [4.78, 5) is 38.7. The van der Waals surface area contributed by atoms with Crippen molar-refractivity contribution in [1.82, 2.24) is 0 Å². The van der Waals surface area contributed by atoms with Crippen LogP contribution in [0.5, 0.6) is 0 Å². The third kappa shape index (κ3) is 5.96. The molecule has 1 aliphatic heterocycles. The Morgan fingerprint density at radius 2 is 0.943 bits per heavy atom. The normalized spacial score (nSPS) is 23.7. The number of hydrogen-bond acceptors (Lipinski definition) is 7. The van der Waals surface area contributed by atoms with Crippen LogP contribution in [0.25, 0.3) is 0 Å². The van der Waals surface area contributed by atoms with Gasteiger partial charge in [0.25, 0.3) is 0 Å². The van der Waals surface area contributed by atoms with E-state index in [4.69, 9.17) is 18.9 Å². The number of alkyl halides is 1. The predicted molar refractivity (Wildman–Crippen MR) is 130 cm³/mol. The molecule has 0 spiro atoms. The molecule has 1 heterocycles. The number of carbonyl (C=O) groups is 3. The maximum Gasteiger partial charge on any atom is 0.338 e. The van der Waals surface area contributed by atoms with Gasteiger partial charge >= 0.3 is 17.9 Å². The lowest BCUT2D eigenvalue weighted by molar-refractivity contribution is -0.193. The van der Waals surface area contributed by atoms with E-state index in [0.29, 0.717) is 16.7 Å². The summed E-state index contributed by atoms with van der Waals surface area (Å²) < 4.78 is 23.2. The average Bonchev–Trinajstić information content (AvgIpc) is 2.89. The van der Waals surface area contributed by atoms with Gasteiger partial charge in [-0.25, -0.2) is 14.4 Å². The second kappa shape index (κ2) is 11.3. The zero-order valence-electron chi connectivity index (χ0n) is 18.8. The summed E-state index contributed by atoms with van der Waals surface area (Å²) >= 11 is 3.39. The van der Waals surface area contributed by atoms with Crippen LogP contribution in [0.15, 0.2) is 91.0 Å². The lowest BCUT2D eigenvalue weighted by Gasteiger charge is -2.42. The SMILES string of the molecule is CC1OC(Br)C(OC(=O)c2ccccc2)C(OC(=O)c2ccccc2)C1OC(=O)c1ccccc1. The lowest BCUT2D eigenvalue weighted by atomic mass is 9.99. The molecule has 5 atom stereocenters. The van der Waals surface area contributed by atoms with Gasteiger partial charge in [-0.2, -0.15) is 0 Å². The van der Waals surface area contributed by atoms with Crippen molar-refractivity contribution in [3.8, 4) is 0 Å². The van der Waals surface area contributed by atoms with E-state index < -0.39 is 47.3 Å².